The standard InChI is InChI=1S/C25H11F14IN2O2/c26-12-4-1-3-10(7-12)19(43)41-16-6-2-5-13(17(16)27)20(44)42-18-14(22(29,30)31)8-11(9-15(18)40)21(28,24(34,35)36)23(32,33)25(37,38)39/h1-9H,(H,41,43)(H,42,44). The molecule has 44 heavy (non-hydrogen) atoms. The number of nitrogens with one attached hydrogen (secondary N) is 2. The van der Waals surface area contributed by atoms with E-state index in [0.29, 0.717) is 28.7 Å². The van der Waals surface area contributed by atoms with Crippen LogP contribution in [0, 0.1) is 15.2 Å². The van der Waals surface area contributed by atoms with Crippen LogP contribution >= 0.6 is 22.6 Å². The lowest BCUT2D eigenvalue weighted by Gasteiger charge is -2.36. The number of rotatable bonds is 6. The molecule has 0 heterocycles. The van der Waals surface area contributed by atoms with Gasteiger partial charge in [-0.05, 0) is 65.1 Å². The van der Waals surface area contributed by atoms with E-state index in [2.05, 4.69) is 0 Å². The summed E-state index contributed by atoms with van der Waals surface area (Å²) in [6.45, 7) is 0. The number of amides is 2. The van der Waals surface area contributed by atoms with Crippen molar-refractivity contribution in [2.75, 3.05) is 10.6 Å². The summed E-state index contributed by atoms with van der Waals surface area (Å²) >= 11 is 0.706. The molecule has 3 aromatic rings. The molecular formula is C25H11F14IN2O2. The Balaban J connectivity index is 2.09. The van der Waals surface area contributed by atoms with Crippen molar-refractivity contribution in [3.63, 3.8) is 0 Å². The van der Waals surface area contributed by atoms with Crippen molar-refractivity contribution >= 4 is 45.8 Å². The maximum atomic E-state index is 15.1. The van der Waals surface area contributed by atoms with Crippen LogP contribution < -0.4 is 10.6 Å². The highest BCUT2D eigenvalue weighted by Gasteiger charge is 2.82. The van der Waals surface area contributed by atoms with Crippen LogP contribution in [0.2, 0.25) is 0 Å². The largest absolute Gasteiger partial charge is 0.457 e. The van der Waals surface area contributed by atoms with E-state index in [1.165, 1.54) is 5.32 Å². The fourth-order valence-electron chi connectivity index (χ4n) is 3.68. The molecule has 0 aliphatic carbocycles. The van der Waals surface area contributed by atoms with E-state index in [9.17, 15) is 66.7 Å². The summed E-state index contributed by atoms with van der Waals surface area (Å²) in [7, 11) is 0. The van der Waals surface area contributed by atoms with Gasteiger partial charge < -0.3 is 10.6 Å². The molecule has 2 amide bonds. The molecule has 0 aliphatic heterocycles. The number of alkyl halides is 12. The first-order chi connectivity index (χ1) is 19.9. The third kappa shape index (κ3) is 6.41. The Labute approximate surface area is 249 Å². The molecule has 0 aromatic heterocycles. The Morgan fingerprint density at radius 3 is 1.80 bits per heavy atom. The molecule has 19 heteroatoms. The zero-order valence-corrected chi connectivity index (χ0v) is 22.8. The Morgan fingerprint density at radius 1 is 0.682 bits per heavy atom. The van der Waals surface area contributed by atoms with E-state index >= 15 is 4.39 Å². The first-order valence-electron chi connectivity index (χ1n) is 11.2. The van der Waals surface area contributed by atoms with E-state index in [-0.39, 0.29) is 5.56 Å². The number of hydrogen-bond donors (Lipinski definition) is 2. The van der Waals surface area contributed by atoms with Crippen LogP contribution in [0.5, 0.6) is 0 Å². The van der Waals surface area contributed by atoms with Crippen LogP contribution in [0.4, 0.5) is 72.8 Å². The van der Waals surface area contributed by atoms with E-state index < -0.39 is 97.3 Å². The Kier molecular flexibility index (Phi) is 9.26. The number of anilines is 2. The minimum absolute atomic E-state index is 0.317. The van der Waals surface area contributed by atoms with Crippen LogP contribution in [0.15, 0.2) is 54.6 Å². The minimum atomic E-state index is -7.28. The van der Waals surface area contributed by atoms with E-state index in [1.54, 1.807) is 0 Å². The van der Waals surface area contributed by atoms with Gasteiger partial charge in [0.1, 0.15) is 5.82 Å². The molecule has 4 nitrogen and oxygen atoms in total. The first-order valence-corrected chi connectivity index (χ1v) is 12.3. The molecule has 3 aromatic carbocycles. The quantitative estimate of drug-likeness (QED) is 0.195. The van der Waals surface area contributed by atoms with Crippen molar-refractivity contribution in [1.82, 2.24) is 0 Å². The van der Waals surface area contributed by atoms with Crippen molar-refractivity contribution < 1.29 is 71.1 Å². The fourth-order valence-corrected chi connectivity index (χ4v) is 4.44. The monoisotopic (exact) mass is 764 g/mol. The van der Waals surface area contributed by atoms with Gasteiger partial charge in [0.2, 0.25) is 0 Å². The summed E-state index contributed by atoms with van der Waals surface area (Å²) in [5, 5.41) is 3.44. The van der Waals surface area contributed by atoms with Crippen LogP contribution in [0.3, 0.4) is 0 Å². The van der Waals surface area contributed by atoms with Crippen molar-refractivity contribution in [2.24, 2.45) is 0 Å². The highest BCUT2D eigenvalue weighted by molar-refractivity contribution is 14.1. The normalized spacial score (nSPS) is 14.2. The lowest BCUT2D eigenvalue weighted by molar-refractivity contribution is -0.389. The molecule has 1 unspecified atom stereocenters. The van der Waals surface area contributed by atoms with Crippen LogP contribution in [-0.2, 0) is 11.8 Å². The molecule has 0 aliphatic rings. The molecule has 0 spiro atoms. The van der Waals surface area contributed by atoms with Crippen molar-refractivity contribution in [3.05, 3.63) is 92.1 Å². The fraction of sp³-hybridized carbons (Fsp3) is 0.200. The number of halogens is 15. The summed E-state index contributed by atoms with van der Waals surface area (Å²) in [6.07, 6.45) is -20.2. The van der Waals surface area contributed by atoms with Gasteiger partial charge in [-0.3, -0.25) is 9.59 Å². The van der Waals surface area contributed by atoms with Gasteiger partial charge in [0.15, 0.2) is 5.82 Å². The summed E-state index contributed by atoms with van der Waals surface area (Å²) in [4.78, 5) is 25.0. The number of hydrogen-bond acceptors (Lipinski definition) is 2. The molecule has 1 atom stereocenters. The zero-order valence-electron chi connectivity index (χ0n) is 20.7. The van der Waals surface area contributed by atoms with Gasteiger partial charge >= 0.3 is 30.1 Å². The number of benzene rings is 3. The third-order valence-corrected chi connectivity index (χ3v) is 6.64. The first kappa shape index (κ1) is 34.8. The summed E-state index contributed by atoms with van der Waals surface area (Å²) in [5.41, 5.74) is -15.7. The van der Waals surface area contributed by atoms with Gasteiger partial charge in [0, 0.05) is 14.7 Å². The molecule has 0 bridgehead atoms. The van der Waals surface area contributed by atoms with Gasteiger partial charge in [-0.25, -0.2) is 13.2 Å². The molecule has 3 rings (SSSR count). The molecule has 0 saturated carbocycles. The second kappa shape index (κ2) is 11.7. The molecule has 238 valence electrons. The van der Waals surface area contributed by atoms with Crippen molar-refractivity contribution in [3.8, 4) is 0 Å². The summed E-state index contributed by atoms with van der Waals surface area (Å²) in [5.74, 6) is -12.6. The van der Waals surface area contributed by atoms with Crippen molar-refractivity contribution in [1.29, 1.82) is 0 Å². The maximum absolute atomic E-state index is 15.1. The highest BCUT2D eigenvalue weighted by atomic mass is 127. The van der Waals surface area contributed by atoms with Crippen molar-refractivity contribution in [2.45, 2.75) is 30.1 Å². The molecule has 0 radical (unpaired) electrons. The molecule has 0 fully saturated rings. The Bertz CT molecular complexity index is 1600. The average Bonchev–Trinajstić information content (AvgIpc) is 2.88. The predicted octanol–water partition coefficient (Wildman–Crippen LogP) is 9.02. The van der Waals surface area contributed by atoms with E-state index in [4.69, 9.17) is 0 Å². The zero-order chi connectivity index (χ0) is 33.6. The predicted molar refractivity (Wildman–Crippen MR) is 133 cm³/mol. The van der Waals surface area contributed by atoms with Gasteiger partial charge in [-0.15, -0.1) is 0 Å². The average molecular weight is 764 g/mol. The lowest BCUT2D eigenvalue weighted by Crippen LogP contribution is -2.59. The Morgan fingerprint density at radius 2 is 1.27 bits per heavy atom. The SMILES string of the molecule is O=C(Nc1cccc(C(=O)Nc2c(I)cc(C(F)(C(F)(F)F)C(F)(F)C(F)(F)F)cc2C(F)(F)F)c1F)c1cccc(F)c1. The smallest absolute Gasteiger partial charge is 0.320 e. The summed E-state index contributed by atoms with van der Waals surface area (Å²) < 4.78 is 190. The number of carbonyl (C=O) groups is 2. The van der Waals surface area contributed by atoms with Gasteiger partial charge in [-0.2, -0.15) is 48.3 Å². The molecular weight excluding hydrogens is 753 g/mol. The second-order valence-electron chi connectivity index (χ2n) is 8.69. The van der Waals surface area contributed by atoms with Crippen LogP contribution in [-0.4, -0.2) is 30.1 Å². The van der Waals surface area contributed by atoms with Gasteiger partial charge in [0.25, 0.3) is 11.8 Å². The van der Waals surface area contributed by atoms with Gasteiger partial charge in [0.05, 0.1) is 22.5 Å². The molecule has 0 saturated heterocycles. The number of carbonyl (C=O) groups excluding carboxylic acids is 2. The minimum Gasteiger partial charge on any atom is -0.320 e. The van der Waals surface area contributed by atoms with Gasteiger partial charge in [-0.1, -0.05) is 12.1 Å². The maximum Gasteiger partial charge on any atom is 0.457 e. The molecule has 2 N–H and O–H groups in total. The highest BCUT2D eigenvalue weighted by Crippen LogP contribution is 2.59. The topological polar surface area (TPSA) is 58.2 Å². The lowest BCUT2D eigenvalue weighted by atomic mass is 9.86. The third-order valence-electron chi connectivity index (χ3n) is 5.79. The van der Waals surface area contributed by atoms with E-state index in [0.717, 1.165) is 36.4 Å². The van der Waals surface area contributed by atoms with Crippen LogP contribution in [0.1, 0.15) is 31.8 Å². The second-order valence-corrected chi connectivity index (χ2v) is 9.85. The Hall–Kier alpha value is -3.65. The van der Waals surface area contributed by atoms with Crippen LogP contribution in [0.25, 0.3) is 0 Å². The summed E-state index contributed by atoms with van der Waals surface area (Å²) in [6, 6.07) is 5.01. The van der Waals surface area contributed by atoms with E-state index in [1.807, 2.05) is 5.32 Å².